The molecule has 0 spiro atoms. The second-order valence-electron chi connectivity index (χ2n) is 4.45. The molecule has 0 radical (unpaired) electrons. The van der Waals surface area contributed by atoms with Crippen LogP contribution in [0, 0.1) is 0 Å². The van der Waals surface area contributed by atoms with Crippen LogP contribution in [0.1, 0.15) is 38.3 Å². The fourth-order valence-corrected chi connectivity index (χ4v) is 1.68. The molecular formula is C11H17N3O. The highest BCUT2D eigenvalue weighted by Gasteiger charge is 2.27. The van der Waals surface area contributed by atoms with Gasteiger partial charge in [0, 0.05) is 17.8 Å². The van der Waals surface area contributed by atoms with Crippen LogP contribution in [0.3, 0.4) is 0 Å². The molecule has 0 unspecified atom stereocenters. The molecule has 1 aliphatic rings. The lowest BCUT2D eigenvalue weighted by atomic mass is 9.89. The summed E-state index contributed by atoms with van der Waals surface area (Å²) in [7, 11) is 0. The summed E-state index contributed by atoms with van der Waals surface area (Å²) in [6.07, 6.45) is 3.10. The van der Waals surface area contributed by atoms with Crippen LogP contribution in [0.15, 0.2) is 12.4 Å². The van der Waals surface area contributed by atoms with E-state index in [-0.39, 0.29) is 6.10 Å². The number of aliphatic hydroxyl groups is 1. The Balaban J connectivity index is 1.99. The zero-order valence-corrected chi connectivity index (χ0v) is 9.14. The van der Waals surface area contributed by atoms with E-state index in [4.69, 9.17) is 5.11 Å². The van der Waals surface area contributed by atoms with Gasteiger partial charge in [-0.15, -0.1) is 0 Å². The van der Waals surface area contributed by atoms with Gasteiger partial charge in [-0.2, -0.15) is 0 Å². The molecule has 4 heteroatoms. The molecule has 1 heterocycles. The van der Waals surface area contributed by atoms with Gasteiger partial charge in [-0.3, -0.25) is 0 Å². The van der Waals surface area contributed by atoms with Gasteiger partial charge in [0.15, 0.2) is 0 Å². The van der Waals surface area contributed by atoms with Crippen LogP contribution in [-0.2, 0) is 0 Å². The molecule has 0 aliphatic heterocycles. The van der Waals surface area contributed by atoms with E-state index in [1.54, 1.807) is 6.33 Å². The third-order valence-corrected chi connectivity index (χ3v) is 2.74. The molecule has 0 atom stereocenters. The van der Waals surface area contributed by atoms with Crippen molar-refractivity contribution in [3.05, 3.63) is 18.1 Å². The largest absolute Gasteiger partial charge is 0.393 e. The molecule has 1 aliphatic carbocycles. The lowest BCUT2D eigenvalue weighted by Gasteiger charge is -2.32. The topological polar surface area (TPSA) is 58.0 Å². The third-order valence-electron chi connectivity index (χ3n) is 2.74. The van der Waals surface area contributed by atoms with Crippen LogP contribution in [-0.4, -0.2) is 27.2 Å². The van der Waals surface area contributed by atoms with Crippen LogP contribution in [0.5, 0.6) is 0 Å². The standard InChI is InChI=1S/C11H17N3O/c1-7(2)10-5-11(13-6-12-10)14-8-3-9(15)4-8/h5-9,15H,3-4H2,1-2H3,(H,12,13,14). The summed E-state index contributed by atoms with van der Waals surface area (Å²) in [6, 6.07) is 2.35. The maximum Gasteiger partial charge on any atom is 0.129 e. The molecule has 15 heavy (non-hydrogen) atoms. The van der Waals surface area contributed by atoms with E-state index in [2.05, 4.69) is 29.1 Å². The van der Waals surface area contributed by atoms with Crippen LogP contribution in [0.2, 0.25) is 0 Å². The van der Waals surface area contributed by atoms with Gasteiger partial charge >= 0.3 is 0 Å². The summed E-state index contributed by atoms with van der Waals surface area (Å²) >= 11 is 0. The number of aliphatic hydroxyl groups excluding tert-OH is 1. The summed E-state index contributed by atoms with van der Waals surface area (Å²) in [4.78, 5) is 8.37. The summed E-state index contributed by atoms with van der Waals surface area (Å²) in [6.45, 7) is 4.22. The van der Waals surface area contributed by atoms with Gasteiger partial charge in [-0.05, 0) is 18.8 Å². The van der Waals surface area contributed by atoms with E-state index in [1.165, 1.54) is 0 Å². The second kappa shape index (κ2) is 4.14. The van der Waals surface area contributed by atoms with Crippen LogP contribution in [0.4, 0.5) is 5.82 Å². The molecule has 2 N–H and O–H groups in total. The zero-order valence-electron chi connectivity index (χ0n) is 9.14. The van der Waals surface area contributed by atoms with Crippen molar-refractivity contribution in [2.24, 2.45) is 0 Å². The van der Waals surface area contributed by atoms with E-state index < -0.39 is 0 Å². The molecule has 0 bridgehead atoms. The van der Waals surface area contributed by atoms with E-state index in [0.29, 0.717) is 12.0 Å². The van der Waals surface area contributed by atoms with Crippen molar-refractivity contribution in [1.29, 1.82) is 0 Å². The lowest BCUT2D eigenvalue weighted by Crippen LogP contribution is -2.39. The van der Waals surface area contributed by atoms with Crippen molar-refractivity contribution < 1.29 is 5.11 Å². The predicted octanol–water partition coefficient (Wildman–Crippen LogP) is 1.54. The van der Waals surface area contributed by atoms with E-state index in [1.807, 2.05) is 6.07 Å². The zero-order chi connectivity index (χ0) is 10.8. The van der Waals surface area contributed by atoms with Gasteiger partial charge in [-0.1, -0.05) is 13.8 Å². The summed E-state index contributed by atoms with van der Waals surface area (Å²) in [5, 5.41) is 12.5. The number of nitrogens with one attached hydrogen (secondary N) is 1. The van der Waals surface area contributed by atoms with Gasteiger partial charge < -0.3 is 10.4 Å². The smallest absolute Gasteiger partial charge is 0.129 e. The first-order valence-electron chi connectivity index (χ1n) is 5.41. The Morgan fingerprint density at radius 3 is 2.73 bits per heavy atom. The molecule has 0 amide bonds. The minimum absolute atomic E-state index is 0.131. The van der Waals surface area contributed by atoms with Gasteiger partial charge in [0.05, 0.1) is 6.10 Å². The highest BCUT2D eigenvalue weighted by atomic mass is 16.3. The molecular weight excluding hydrogens is 190 g/mol. The number of anilines is 1. The Labute approximate surface area is 89.8 Å². The van der Waals surface area contributed by atoms with Gasteiger partial charge in [0.2, 0.25) is 0 Å². The number of aromatic nitrogens is 2. The molecule has 1 fully saturated rings. The maximum atomic E-state index is 9.17. The van der Waals surface area contributed by atoms with Crippen LogP contribution < -0.4 is 5.32 Å². The average molecular weight is 207 g/mol. The van der Waals surface area contributed by atoms with Gasteiger partial charge in [-0.25, -0.2) is 9.97 Å². The molecule has 2 rings (SSSR count). The van der Waals surface area contributed by atoms with Crippen molar-refractivity contribution in [1.82, 2.24) is 9.97 Å². The number of rotatable bonds is 3. The van der Waals surface area contributed by atoms with Crippen molar-refractivity contribution in [2.75, 3.05) is 5.32 Å². The molecule has 0 aromatic carbocycles. The number of hydrogen-bond donors (Lipinski definition) is 2. The average Bonchev–Trinajstić information content (AvgIpc) is 2.16. The Bertz CT molecular complexity index is 334. The lowest BCUT2D eigenvalue weighted by molar-refractivity contribution is 0.0835. The molecule has 0 saturated heterocycles. The normalized spacial score (nSPS) is 25.1. The summed E-state index contributed by atoms with van der Waals surface area (Å²) in [5.41, 5.74) is 1.05. The third kappa shape index (κ3) is 2.45. The highest BCUT2D eigenvalue weighted by molar-refractivity contribution is 5.37. The Hall–Kier alpha value is -1.16. The Kier molecular flexibility index (Phi) is 2.86. The van der Waals surface area contributed by atoms with Gasteiger partial charge in [0.25, 0.3) is 0 Å². The van der Waals surface area contributed by atoms with E-state index >= 15 is 0 Å². The van der Waals surface area contributed by atoms with Gasteiger partial charge in [0.1, 0.15) is 12.1 Å². The second-order valence-corrected chi connectivity index (χ2v) is 4.45. The Morgan fingerprint density at radius 1 is 1.40 bits per heavy atom. The molecule has 4 nitrogen and oxygen atoms in total. The molecule has 1 aromatic rings. The highest BCUT2D eigenvalue weighted by Crippen LogP contribution is 2.23. The fourth-order valence-electron chi connectivity index (χ4n) is 1.68. The first kappa shape index (κ1) is 10.4. The summed E-state index contributed by atoms with van der Waals surface area (Å²) in [5.74, 6) is 1.28. The number of hydrogen-bond acceptors (Lipinski definition) is 4. The predicted molar refractivity (Wildman–Crippen MR) is 58.8 cm³/mol. The van der Waals surface area contributed by atoms with Crippen LogP contribution >= 0.6 is 0 Å². The van der Waals surface area contributed by atoms with Crippen molar-refractivity contribution in [2.45, 2.75) is 44.8 Å². The molecule has 1 aromatic heterocycles. The van der Waals surface area contributed by atoms with E-state index in [0.717, 1.165) is 24.4 Å². The SMILES string of the molecule is CC(C)c1cc(NC2CC(O)C2)ncn1. The van der Waals surface area contributed by atoms with Crippen molar-refractivity contribution >= 4 is 5.82 Å². The summed E-state index contributed by atoms with van der Waals surface area (Å²) < 4.78 is 0. The van der Waals surface area contributed by atoms with Crippen molar-refractivity contribution in [3.63, 3.8) is 0 Å². The first-order valence-corrected chi connectivity index (χ1v) is 5.41. The molecule has 82 valence electrons. The molecule has 1 saturated carbocycles. The van der Waals surface area contributed by atoms with Crippen molar-refractivity contribution in [3.8, 4) is 0 Å². The quantitative estimate of drug-likeness (QED) is 0.789. The van der Waals surface area contributed by atoms with E-state index in [9.17, 15) is 0 Å². The monoisotopic (exact) mass is 207 g/mol. The number of nitrogens with zero attached hydrogens (tertiary/aromatic N) is 2. The van der Waals surface area contributed by atoms with Crippen LogP contribution in [0.25, 0.3) is 0 Å². The fraction of sp³-hybridized carbons (Fsp3) is 0.636. The first-order chi connectivity index (χ1) is 7.15. The maximum absolute atomic E-state index is 9.17. The minimum Gasteiger partial charge on any atom is -0.393 e. The minimum atomic E-state index is -0.131. The Morgan fingerprint density at radius 2 is 2.13 bits per heavy atom.